The minimum absolute atomic E-state index is 0.0443. The molecule has 0 spiro atoms. The molecule has 1 aliphatic rings. The van der Waals surface area contributed by atoms with Gasteiger partial charge in [-0.05, 0) is 48.4 Å². The SMILES string of the molecule is O=C(COc1ccc(Cl)cc1)N(Cc1cccc(F)c1)C1CCS(=O)(=O)C1. The Morgan fingerprint density at radius 2 is 1.96 bits per heavy atom. The van der Waals surface area contributed by atoms with E-state index in [4.69, 9.17) is 16.3 Å². The number of rotatable bonds is 6. The van der Waals surface area contributed by atoms with Gasteiger partial charge in [0.15, 0.2) is 16.4 Å². The lowest BCUT2D eigenvalue weighted by Gasteiger charge is -2.28. The maximum absolute atomic E-state index is 13.5. The molecule has 1 atom stereocenters. The summed E-state index contributed by atoms with van der Waals surface area (Å²) in [5, 5.41) is 0.553. The third-order valence-electron chi connectivity index (χ3n) is 4.39. The van der Waals surface area contributed by atoms with Crippen molar-refractivity contribution in [3.8, 4) is 5.75 Å². The molecule has 1 fully saturated rings. The highest BCUT2D eigenvalue weighted by Crippen LogP contribution is 2.21. The van der Waals surface area contributed by atoms with Gasteiger partial charge in [-0.1, -0.05) is 23.7 Å². The van der Waals surface area contributed by atoms with E-state index in [-0.39, 0.29) is 30.6 Å². The Bertz CT molecular complexity index is 918. The van der Waals surface area contributed by atoms with Crippen molar-refractivity contribution in [2.45, 2.75) is 19.0 Å². The van der Waals surface area contributed by atoms with Gasteiger partial charge in [0.25, 0.3) is 5.91 Å². The Labute approximate surface area is 162 Å². The lowest BCUT2D eigenvalue weighted by molar-refractivity contribution is -0.136. The van der Waals surface area contributed by atoms with E-state index < -0.39 is 21.7 Å². The van der Waals surface area contributed by atoms with Crippen molar-refractivity contribution >= 4 is 27.3 Å². The number of halogens is 2. The van der Waals surface area contributed by atoms with E-state index in [1.165, 1.54) is 17.0 Å². The highest BCUT2D eigenvalue weighted by molar-refractivity contribution is 7.91. The summed E-state index contributed by atoms with van der Waals surface area (Å²) in [5.41, 5.74) is 0.596. The number of hydrogen-bond acceptors (Lipinski definition) is 4. The molecule has 0 aromatic heterocycles. The van der Waals surface area contributed by atoms with E-state index in [2.05, 4.69) is 0 Å². The van der Waals surface area contributed by atoms with E-state index in [1.54, 1.807) is 36.4 Å². The first-order chi connectivity index (χ1) is 12.8. The second-order valence-corrected chi connectivity index (χ2v) is 9.12. The molecular formula is C19H19ClFNO4S. The molecule has 3 rings (SSSR count). The predicted molar refractivity (Wildman–Crippen MR) is 101 cm³/mol. The summed E-state index contributed by atoms with van der Waals surface area (Å²) in [6, 6.07) is 12.1. The fraction of sp³-hybridized carbons (Fsp3) is 0.316. The van der Waals surface area contributed by atoms with Crippen LogP contribution in [0.4, 0.5) is 4.39 Å². The van der Waals surface area contributed by atoms with Crippen LogP contribution in [-0.2, 0) is 21.2 Å². The van der Waals surface area contributed by atoms with Crippen molar-refractivity contribution in [1.82, 2.24) is 4.90 Å². The number of hydrogen-bond donors (Lipinski definition) is 0. The minimum Gasteiger partial charge on any atom is -0.484 e. The predicted octanol–water partition coefficient (Wildman–Crippen LogP) is 3.07. The largest absolute Gasteiger partial charge is 0.484 e. The van der Waals surface area contributed by atoms with E-state index in [0.717, 1.165) is 0 Å². The molecule has 0 N–H and O–H groups in total. The Morgan fingerprint density at radius 1 is 1.22 bits per heavy atom. The van der Waals surface area contributed by atoms with Crippen LogP contribution in [0.15, 0.2) is 48.5 Å². The Balaban J connectivity index is 1.73. The molecule has 1 amide bonds. The fourth-order valence-corrected chi connectivity index (χ4v) is 4.89. The zero-order valence-corrected chi connectivity index (χ0v) is 16.0. The first kappa shape index (κ1) is 19.6. The van der Waals surface area contributed by atoms with Crippen LogP contribution >= 0.6 is 11.6 Å². The summed E-state index contributed by atoms with van der Waals surface area (Å²) in [4.78, 5) is 14.2. The maximum Gasteiger partial charge on any atom is 0.261 e. The second-order valence-electron chi connectivity index (χ2n) is 6.45. The highest BCUT2D eigenvalue weighted by Gasteiger charge is 2.34. The van der Waals surface area contributed by atoms with Gasteiger partial charge < -0.3 is 9.64 Å². The van der Waals surface area contributed by atoms with Crippen molar-refractivity contribution < 1.29 is 22.3 Å². The standard InChI is InChI=1S/C19H19ClFNO4S/c20-15-4-6-18(7-5-15)26-12-19(23)22(17-8-9-27(24,25)13-17)11-14-2-1-3-16(21)10-14/h1-7,10,17H,8-9,11-13H2. The monoisotopic (exact) mass is 411 g/mol. The summed E-state index contributed by atoms with van der Waals surface area (Å²) in [6.45, 7) is -0.117. The molecule has 1 unspecified atom stereocenters. The molecule has 144 valence electrons. The van der Waals surface area contributed by atoms with Crippen LogP contribution in [-0.4, -0.2) is 43.4 Å². The first-order valence-corrected chi connectivity index (χ1v) is 10.6. The third-order valence-corrected chi connectivity index (χ3v) is 6.39. The van der Waals surface area contributed by atoms with Crippen LogP contribution in [0.1, 0.15) is 12.0 Å². The normalized spacial score (nSPS) is 18.2. The van der Waals surface area contributed by atoms with E-state index >= 15 is 0 Å². The fourth-order valence-electron chi connectivity index (χ4n) is 3.03. The molecule has 8 heteroatoms. The zero-order chi connectivity index (χ0) is 19.4. The first-order valence-electron chi connectivity index (χ1n) is 8.45. The molecule has 0 saturated carbocycles. The van der Waals surface area contributed by atoms with Crippen LogP contribution in [0.5, 0.6) is 5.75 Å². The lowest BCUT2D eigenvalue weighted by atomic mass is 10.1. The molecule has 0 bridgehead atoms. The van der Waals surface area contributed by atoms with Gasteiger partial charge in [0.1, 0.15) is 11.6 Å². The average molecular weight is 412 g/mol. The summed E-state index contributed by atoms with van der Waals surface area (Å²) in [7, 11) is -3.17. The molecule has 1 aliphatic heterocycles. The van der Waals surface area contributed by atoms with Gasteiger partial charge >= 0.3 is 0 Å². The van der Waals surface area contributed by atoms with Crippen LogP contribution in [0, 0.1) is 5.82 Å². The number of nitrogens with zero attached hydrogens (tertiary/aromatic N) is 1. The van der Waals surface area contributed by atoms with Crippen molar-refractivity contribution in [2.24, 2.45) is 0 Å². The van der Waals surface area contributed by atoms with Gasteiger partial charge in [0.05, 0.1) is 11.5 Å². The van der Waals surface area contributed by atoms with Crippen LogP contribution < -0.4 is 4.74 Å². The van der Waals surface area contributed by atoms with Crippen molar-refractivity contribution in [3.63, 3.8) is 0 Å². The second kappa shape index (κ2) is 8.27. The number of ether oxygens (including phenoxy) is 1. The average Bonchev–Trinajstić information content (AvgIpc) is 2.98. The van der Waals surface area contributed by atoms with Crippen molar-refractivity contribution in [3.05, 3.63) is 64.9 Å². The van der Waals surface area contributed by atoms with Crippen molar-refractivity contribution in [2.75, 3.05) is 18.1 Å². The van der Waals surface area contributed by atoms with Crippen LogP contribution in [0.2, 0.25) is 5.02 Å². The van der Waals surface area contributed by atoms with Gasteiger partial charge in [-0.2, -0.15) is 0 Å². The minimum atomic E-state index is -3.17. The summed E-state index contributed by atoms with van der Waals surface area (Å²) >= 11 is 5.82. The maximum atomic E-state index is 13.5. The zero-order valence-electron chi connectivity index (χ0n) is 14.5. The van der Waals surface area contributed by atoms with E-state index in [9.17, 15) is 17.6 Å². The number of amides is 1. The molecule has 1 saturated heterocycles. The molecule has 2 aromatic carbocycles. The van der Waals surface area contributed by atoms with Crippen LogP contribution in [0.25, 0.3) is 0 Å². The number of carbonyl (C=O) groups excluding carboxylic acids is 1. The third kappa shape index (κ3) is 5.43. The summed E-state index contributed by atoms with van der Waals surface area (Å²) < 4.78 is 42.7. The molecule has 0 radical (unpaired) electrons. The molecule has 27 heavy (non-hydrogen) atoms. The number of sulfone groups is 1. The molecular weight excluding hydrogens is 393 g/mol. The molecule has 5 nitrogen and oxygen atoms in total. The number of carbonyl (C=O) groups is 1. The quantitative estimate of drug-likeness (QED) is 0.732. The van der Waals surface area contributed by atoms with Crippen molar-refractivity contribution in [1.29, 1.82) is 0 Å². The molecule has 2 aromatic rings. The van der Waals surface area contributed by atoms with Crippen LogP contribution in [0.3, 0.4) is 0 Å². The van der Waals surface area contributed by atoms with E-state index in [1.807, 2.05) is 0 Å². The Kier molecular flexibility index (Phi) is 6.01. The lowest BCUT2D eigenvalue weighted by Crippen LogP contribution is -2.43. The molecule has 0 aliphatic carbocycles. The van der Waals surface area contributed by atoms with Gasteiger partial charge in [-0.3, -0.25) is 4.79 Å². The number of benzene rings is 2. The smallest absolute Gasteiger partial charge is 0.261 e. The topological polar surface area (TPSA) is 63.7 Å². The van der Waals surface area contributed by atoms with Gasteiger partial charge in [0, 0.05) is 17.6 Å². The molecule has 1 heterocycles. The summed E-state index contributed by atoms with van der Waals surface area (Å²) in [5.74, 6) is -0.317. The highest BCUT2D eigenvalue weighted by atomic mass is 35.5. The van der Waals surface area contributed by atoms with E-state index in [0.29, 0.717) is 22.8 Å². The van der Waals surface area contributed by atoms with Gasteiger partial charge in [-0.25, -0.2) is 12.8 Å². The Hall–Kier alpha value is -2.12. The summed E-state index contributed by atoms with van der Waals surface area (Å²) in [6.07, 6.45) is 0.365. The van der Waals surface area contributed by atoms with Gasteiger partial charge in [0.2, 0.25) is 0 Å². The van der Waals surface area contributed by atoms with Gasteiger partial charge in [-0.15, -0.1) is 0 Å². The Morgan fingerprint density at radius 3 is 2.59 bits per heavy atom.